The lowest BCUT2D eigenvalue weighted by atomic mass is 9.99. The summed E-state index contributed by atoms with van der Waals surface area (Å²) in [6.45, 7) is 2.21. The summed E-state index contributed by atoms with van der Waals surface area (Å²) in [7, 11) is 0. The highest BCUT2D eigenvalue weighted by atomic mass is 32.2. The van der Waals surface area contributed by atoms with Crippen LogP contribution in [-0.2, 0) is 5.75 Å². The average molecular weight is 225 g/mol. The molecule has 0 saturated carbocycles. The Bertz CT molecular complexity index is 338. The lowest BCUT2D eigenvalue weighted by molar-refractivity contribution is 0.696. The SMILES string of the molecule is CSc1ccc2c(c1)C(N)C(C)SC2. The van der Waals surface area contributed by atoms with Crippen LogP contribution in [0.1, 0.15) is 24.1 Å². The molecule has 14 heavy (non-hydrogen) atoms. The van der Waals surface area contributed by atoms with Gasteiger partial charge in [-0.15, -0.1) is 11.8 Å². The van der Waals surface area contributed by atoms with Crippen LogP contribution in [0, 0.1) is 0 Å². The third-order valence-corrected chi connectivity index (χ3v) is 4.74. The Balaban J connectivity index is 2.41. The van der Waals surface area contributed by atoms with Crippen molar-refractivity contribution in [2.45, 2.75) is 28.9 Å². The number of benzene rings is 1. The molecule has 0 amide bonds. The molecule has 0 saturated heterocycles. The van der Waals surface area contributed by atoms with E-state index in [0.29, 0.717) is 5.25 Å². The molecule has 3 heteroatoms. The van der Waals surface area contributed by atoms with Crippen LogP contribution in [0.3, 0.4) is 0 Å². The van der Waals surface area contributed by atoms with Gasteiger partial charge < -0.3 is 5.73 Å². The van der Waals surface area contributed by atoms with Crippen LogP contribution < -0.4 is 5.73 Å². The molecule has 2 unspecified atom stereocenters. The number of hydrogen-bond donors (Lipinski definition) is 1. The first-order chi connectivity index (χ1) is 6.72. The molecule has 0 aromatic heterocycles. The van der Waals surface area contributed by atoms with Gasteiger partial charge in [0.25, 0.3) is 0 Å². The molecule has 0 aliphatic carbocycles. The molecule has 1 aromatic carbocycles. The molecule has 1 aliphatic heterocycles. The van der Waals surface area contributed by atoms with E-state index in [1.165, 1.54) is 16.0 Å². The summed E-state index contributed by atoms with van der Waals surface area (Å²) >= 11 is 3.73. The number of thioether (sulfide) groups is 2. The van der Waals surface area contributed by atoms with Crippen LogP contribution in [0.25, 0.3) is 0 Å². The van der Waals surface area contributed by atoms with Gasteiger partial charge in [0.1, 0.15) is 0 Å². The van der Waals surface area contributed by atoms with E-state index in [4.69, 9.17) is 5.73 Å². The monoisotopic (exact) mass is 225 g/mol. The van der Waals surface area contributed by atoms with Crippen LogP contribution in [-0.4, -0.2) is 11.5 Å². The molecule has 0 fully saturated rings. The highest BCUT2D eigenvalue weighted by Crippen LogP contribution is 2.37. The van der Waals surface area contributed by atoms with Crippen molar-refractivity contribution in [1.82, 2.24) is 0 Å². The molecule has 1 heterocycles. The van der Waals surface area contributed by atoms with E-state index >= 15 is 0 Å². The molecule has 1 nitrogen and oxygen atoms in total. The van der Waals surface area contributed by atoms with Gasteiger partial charge in [0.2, 0.25) is 0 Å². The maximum absolute atomic E-state index is 6.18. The molecule has 1 aromatic rings. The predicted octanol–water partition coefficient (Wildman–Crippen LogP) is 3.04. The van der Waals surface area contributed by atoms with Crippen LogP contribution in [0.4, 0.5) is 0 Å². The normalized spacial score (nSPS) is 25.9. The maximum Gasteiger partial charge on any atom is 0.0416 e. The minimum absolute atomic E-state index is 0.204. The molecule has 0 bridgehead atoms. The predicted molar refractivity (Wildman–Crippen MR) is 65.9 cm³/mol. The van der Waals surface area contributed by atoms with E-state index < -0.39 is 0 Å². The van der Waals surface area contributed by atoms with Crippen molar-refractivity contribution in [2.24, 2.45) is 5.73 Å². The summed E-state index contributed by atoms with van der Waals surface area (Å²) in [4.78, 5) is 1.32. The third kappa shape index (κ3) is 1.81. The summed E-state index contributed by atoms with van der Waals surface area (Å²) < 4.78 is 0. The van der Waals surface area contributed by atoms with Crippen molar-refractivity contribution in [1.29, 1.82) is 0 Å². The van der Waals surface area contributed by atoms with Crippen LogP contribution in [0.15, 0.2) is 23.1 Å². The highest BCUT2D eigenvalue weighted by molar-refractivity contribution is 7.99. The standard InChI is InChI=1S/C11H15NS2/c1-7-11(12)10-5-9(13-2)4-3-8(10)6-14-7/h3-5,7,11H,6,12H2,1-2H3. The number of fused-ring (bicyclic) bond motifs is 1. The zero-order valence-electron chi connectivity index (χ0n) is 8.49. The Labute approximate surface area is 93.8 Å². The Hall–Kier alpha value is -0.120. The van der Waals surface area contributed by atoms with Gasteiger partial charge in [-0.3, -0.25) is 0 Å². The van der Waals surface area contributed by atoms with Crippen molar-refractivity contribution >= 4 is 23.5 Å². The zero-order chi connectivity index (χ0) is 10.1. The Morgan fingerprint density at radius 1 is 1.50 bits per heavy atom. The molecular weight excluding hydrogens is 210 g/mol. The second-order valence-electron chi connectivity index (χ2n) is 3.61. The number of hydrogen-bond acceptors (Lipinski definition) is 3. The van der Waals surface area contributed by atoms with E-state index in [-0.39, 0.29) is 6.04 Å². The second kappa shape index (κ2) is 4.17. The summed E-state index contributed by atoms with van der Waals surface area (Å²) in [5, 5.41) is 0.541. The number of rotatable bonds is 1. The fourth-order valence-corrected chi connectivity index (χ4v) is 3.23. The van der Waals surface area contributed by atoms with Gasteiger partial charge in [-0.25, -0.2) is 0 Å². The third-order valence-electron chi connectivity index (χ3n) is 2.72. The fourth-order valence-electron chi connectivity index (χ4n) is 1.72. The van der Waals surface area contributed by atoms with Gasteiger partial charge in [-0.2, -0.15) is 11.8 Å². The van der Waals surface area contributed by atoms with Crippen LogP contribution in [0.2, 0.25) is 0 Å². The summed E-state index contributed by atoms with van der Waals surface area (Å²) in [6.07, 6.45) is 2.11. The van der Waals surface area contributed by atoms with E-state index in [1.54, 1.807) is 11.8 Å². The van der Waals surface area contributed by atoms with Crippen LogP contribution >= 0.6 is 23.5 Å². The van der Waals surface area contributed by atoms with Crippen molar-refractivity contribution in [3.05, 3.63) is 29.3 Å². The lowest BCUT2D eigenvalue weighted by Crippen LogP contribution is -2.25. The van der Waals surface area contributed by atoms with Crippen LogP contribution in [0.5, 0.6) is 0 Å². The topological polar surface area (TPSA) is 26.0 Å². The smallest absolute Gasteiger partial charge is 0.0416 e. The molecule has 2 atom stereocenters. The van der Waals surface area contributed by atoms with Crippen molar-refractivity contribution in [2.75, 3.05) is 6.26 Å². The fraction of sp³-hybridized carbons (Fsp3) is 0.455. The largest absolute Gasteiger partial charge is 0.323 e. The van der Waals surface area contributed by atoms with Crippen molar-refractivity contribution in [3.8, 4) is 0 Å². The highest BCUT2D eigenvalue weighted by Gasteiger charge is 2.23. The Kier molecular flexibility index (Phi) is 3.10. The molecule has 2 rings (SSSR count). The van der Waals surface area contributed by atoms with Crippen molar-refractivity contribution in [3.63, 3.8) is 0 Å². The first-order valence-corrected chi connectivity index (χ1v) is 7.03. The summed E-state index contributed by atoms with van der Waals surface area (Å²) in [5.41, 5.74) is 8.95. The van der Waals surface area contributed by atoms with E-state index in [9.17, 15) is 0 Å². The Morgan fingerprint density at radius 2 is 2.29 bits per heavy atom. The first-order valence-electron chi connectivity index (χ1n) is 4.76. The van der Waals surface area contributed by atoms with E-state index in [0.717, 1.165) is 5.75 Å². The molecule has 0 spiro atoms. The van der Waals surface area contributed by atoms with Gasteiger partial charge in [0, 0.05) is 21.9 Å². The average Bonchev–Trinajstić information content (AvgIpc) is 2.23. The summed E-state index contributed by atoms with van der Waals surface area (Å²) in [5.74, 6) is 1.11. The first kappa shape index (κ1) is 10.4. The quantitative estimate of drug-likeness (QED) is 0.744. The van der Waals surface area contributed by atoms with Gasteiger partial charge in [-0.1, -0.05) is 13.0 Å². The van der Waals surface area contributed by atoms with Gasteiger partial charge in [0.15, 0.2) is 0 Å². The second-order valence-corrected chi connectivity index (χ2v) is 5.85. The molecule has 76 valence electrons. The van der Waals surface area contributed by atoms with Crippen molar-refractivity contribution < 1.29 is 0 Å². The maximum atomic E-state index is 6.18. The zero-order valence-corrected chi connectivity index (χ0v) is 10.1. The van der Waals surface area contributed by atoms with E-state index in [2.05, 4.69) is 31.4 Å². The van der Waals surface area contributed by atoms with E-state index in [1.807, 2.05) is 11.8 Å². The van der Waals surface area contributed by atoms with Gasteiger partial charge >= 0.3 is 0 Å². The molecule has 1 aliphatic rings. The Morgan fingerprint density at radius 3 is 3.00 bits per heavy atom. The minimum Gasteiger partial charge on any atom is -0.323 e. The molecular formula is C11H15NS2. The number of nitrogens with two attached hydrogens (primary N) is 1. The summed E-state index contributed by atoms with van der Waals surface area (Å²) in [6, 6.07) is 6.86. The minimum atomic E-state index is 0.204. The van der Waals surface area contributed by atoms with Gasteiger partial charge in [-0.05, 0) is 29.5 Å². The molecule has 2 N–H and O–H groups in total. The van der Waals surface area contributed by atoms with Gasteiger partial charge in [0.05, 0.1) is 0 Å². The lowest BCUT2D eigenvalue weighted by Gasteiger charge is -2.28. The molecule has 0 radical (unpaired) electrons.